The number of likely N-dealkylation sites (N-methyl/N-ethyl adjacent to an activating group) is 1. The smallest absolute Gasteiger partial charge is 0.0278 e. The molecule has 0 aromatic heterocycles. The SMILES string of the molecule is C=CC(NC)C1CC1(C)C. The van der Waals surface area contributed by atoms with Gasteiger partial charge in [0.05, 0.1) is 0 Å². The van der Waals surface area contributed by atoms with Crippen molar-refractivity contribution in [3.8, 4) is 0 Å². The van der Waals surface area contributed by atoms with Gasteiger partial charge in [0.2, 0.25) is 0 Å². The molecule has 0 aliphatic heterocycles. The topological polar surface area (TPSA) is 12.0 Å². The van der Waals surface area contributed by atoms with Gasteiger partial charge in [-0.3, -0.25) is 0 Å². The van der Waals surface area contributed by atoms with Crippen molar-refractivity contribution in [1.82, 2.24) is 5.32 Å². The van der Waals surface area contributed by atoms with Gasteiger partial charge >= 0.3 is 0 Å². The van der Waals surface area contributed by atoms with Crippen LogP contribution < -0.4 is 5.32 Å². The van der Waals surface area contributed by atoms with Crippen LogP contribution in [-0.2, 0) is 0 Å². The third kappa shape index (κ3) is 1.24. The fourth-order valence-electron chi connectivity index (χ4n) is 1.60. The fraction of sp³-hybridized carbons (Fsp3) is 0.778. The van der Waals surface area contributed by atoms with E-state index in [0.29, 0.717) is 11.5 Å². The van der Waals surface area contributed by atoms with Gasteiger partial charge in [-0.2, -0.15) is 0 Å². The first-order chi connectivity index (χ1) is 4.61. The van der Waals surface area contributed by atoms with Crippen molar-refractivity contribution in [2.24, 2.45) is 11.3 Å². The van der Waals surface area contributed by atoms with Gasteiger partial charge in [0.15, 0.2) is 0 Å². The molecule has 1 N–H and O–H groups in total. The van der Waals surface area contributed by atoms with Crippen LogP contribution in [0.4, 0.5) is 0 Å². The van der Waals surface area contributed by atoms with Crippen LogP contribution in [0.3, 0.4) is 0 Å². The van der Waals surface area contributed by atoms with E-state index in [2.05, 4.69) is 25.7 Å². The molecule has 0 heterocycles. The molecule has 10 heavy (non-hydrogen) atoms. The van der Waals surface area contributed by atoms with E-state index in [1.54, 1.807) is 0 Å². The Balaban J connectivity index is 2.44. The predicted octanol–water partition coefficient (Wildman–Crippen LogP) is 1.81. The Morgan fingerprint density at radius 3 is 2.30 bits per heavy atom. The van der Waals surface area contributed by atoms with Gasteiger partial charge in [-0.15, -0.1) is 6.58 Å². The molecular weight excluding hydrogens is 122 g/mol. The second-order valence-corrected chi connectivity index (χ2v) is 3.85. The molecule has 2 atom stereocenters. The minimum atomic E-state index is 0.523. The molecule has 0 aromatic carbocycles. The molecule has 0 saturated heterocycles. The summed E-state index contributed by atoms with van der Waals surface area (Å²) in [6.45, 7) is 8.42. The summed E-state index contributed by atoms with van der Waals surface area (Å²) in [6.07, 6.45) is 3.35. The summed E-state index contributed by atoms with van der Waals surface area (Å²) in [4.78, 5) is 0. The highest BCUT2D eigenvalue weighted by Crippen LogP contribution is 2.53. The predicted molar refractivity (Wildman–Crippen MR) is 44.9 cm³/mol. The van der Waals surface area contributed by atoms with Crippen molar-refractivity contribution in [3.63, 3.8) is 0 Å². The lowest BCUT2D eigenvalue weighted by atomic mass is 10.0. The highest BCUT2D eigenvalue weighted by molar-refractivity contribution is 5.06. The van der Waals surface area contributed by atoms with E-state index >= 15 is 0 Å². The van der Waals surface area contributed by atoms with Crippen LogP contribution in [0.2, 0.25) is 0 Å². The molecule has 1 fully saturated rings. The monoisotopic (exact) mass is 139 g/mol. The lowest BCUT2D eigenvalue weighted by Gasteiger charge is -2.12. The van der Waals surface area contributed by atoms with Crippen molar-refractivity contribution in [3.05, 3.63) is 12.7 Å². The summed E-state index contributed by atoms with van der Waals surface area (Å²) in [6, 6.07) is 0.523. The summed E-state index contributed by atoms with van der Waals surface area (Å²) in [5.41, 5.74) is 0.557. The average molecular weight is 139 g/mol. The van der Waals surface area contributed by atoms with Crippen LogP contribution >= 0.6 is 0 Å². The molecule has 0 bridgehead atoms. The maximum absolute atomic E-state index is 3.80. The Morgan fingerprint density at radius 1 is 1.70 bits per heavy atom. The second-order valence-electron chi connectivity index (χ2n) is 3.85. The minimum Gasteiger partial charge on any atom is -0.313 e. The number of nitrogens with one attached hydrogen (secondary N) is 1. The molecule has 0 radical (unpaired) electrons. The van der Waals surface area contributed by atoms with Gasteiger partial charge in [-0.1, -0.05) is 19.9 Å². The Kier molecular flexibility index (Phi) is 1.86. The van der Waals surface area contributed by atoms with Gasteiger partial charge in [-0.25, -0.2) is 0 Å². The van der Waals surface area contributed by atoms with Gasteiger partial charge in [0, 0.05) is 6.04 Å². The van der Waals surface area contributed by atoms with Crippen LogP contribution in [0.25, 0.3) is 0 Å². The van der Waals surface area contributed by atoms with Crippen LogP contribution in [0.1, 0.15) is 20.3 Å². The molecule has 1 saturated carbocycles. The maximum Gasteiger partial charge on any atom is 0.0278 e. The van der Waals surface area contributed by atoms with Gasteiger partial charge in [0.1, 0.15) is 0 Å². The molecule has 1 nitrogen and oxygen atoms in total. The molecule has 0 amide bonds. The largest absolute Gasteiger partial charge is 0.313 e. The van der Waals surface area contributed by atoms with E-state index < -0.39 is 0 Å². The van der Waals surface area contributed by atoms with Crippen molar-refractivity contribution in [2.75, 3.05) is 7.05 Å². The zero-order valence-corrected chi connectivity index (χ0v) is 7.15. The van der Waals surface area contributed by atoms with Crippen molar-refractivity contribution in [1.29, 1.82) is 0 Å². The van der Waals surface area contributed by atoms with Crippen LogP contribution in [0.15, 0.2) is 12.7 Å². The quantitative estimate of drug-likeness (QED) is 0.588. The first kappa shape index (κ1) is 7.80. The summed E-state index contributed by atoms with van der Waals surface area (Å²) in [5.74, 6) is 0.815. The van der Waals surface area contributed by atoms with E-state index in [0.717, 1.165) is 5.92 Å². The average Bonchev–Trinajstić information content (AvgIpc) is 2.44. The van der Waals surface area contributed by atoms with Crippen molar-refractivity contribution >= 4 is 0 Å². The van der Waals surface area contributed by atoms with Crippen molar-refractivity contribution < 1.29 is 0 Å². The van der Waals surface area contributed by atoms with Crippen LogP contribution in [0.5, 0.6) is 0 Å². The highest BCUT2D eigenvalue weighted by Gasteiger charge is 2.48. The van der Waals surface area contributed by atoms with Crippen LogP contribution in [0, 0.1) is 11.3 Å². The minimum absolute atomic E-state index is 0.523. The Labute approximate surface area is 63.5 Å². The Hall–Kier alpha value is -0.300. The first-order valence-electron chi connectivity index (χ1n) is 3.91. The summed E-state index contributed by atoms with van der Waals surface area (Å²) >= 11 is 0. The molecule has 1 heteroatoms. The number of hydrogen-bond acceptors (Lipinski definition) is 1. The van der Waals surface area contributed by atoms with Crippen molar-refractivity contribution in [2.45, 2.75) is 26.3 Å². The van der Waals surface area contributed by atoms with E-state index in [-0.39, 0.29) is 0 Å². The lowest BCUT2D eigenvalue weighted by Crippen LogP contribution is -2.26. The lowest BCUT2D eigenvalue weighted by molar-refractivity contribution is 0.483. The Bertz CT molecular complexity index is 138. The maximum atomic E-state index is 3.80. The van der Waals surface area contributed by atoms with E-state index in [1.165, 1.54) is 6.42 Å². The second kappa shape index (κ2) is 2.39. The van der Waals surface area contributed by atoms with Crippen LogP contribution in [-0.4, -0.2) is 13.1 Å². The number of rotatable bonds is 3. The molecule has 0 spiro atoms. The summed E-state index contributed by atoms with van der Waals surface area (Å²) in [7, 11) is 2.00. The summed E-state index contributed by atoms with van der Waals surface area (Å²) in [5, 5.41) is 3.25. The highest BCUT2D eigenvalue weighted by atomic mass is 14.9. The van der Waals surface area contributed by atoms with E-state index in [1.807, 2.05) is 13.1 Å². The Morgan fingerprint density at radius 2 is 2.20 bits per heavy atom. The van der Waals surface area contributed by atoms with Gasteiger partial charge in [0.25, 0.3) is 0 Å². The normalized spacial score (nSPS) is 31.3. The zero-order valence-electron chi connectivity index (χ0n) is 7.15. The standard InChI is InChI=1S/C9H17N/c1-5-8(10-4)7-6-9(7,2)3/h5,7-8,10H,1,6H2,2-4H3. The molecule has 2 unspecified atom stereocenters. The first-order valence-corrected chi connectivity index (χ1v) is 3.91. The summed E-state index contributed by atoms with van der Waals surface area (Å²) < 4.78 is 0. The molecule has 1 aliphatic carbocycles. The van der Waals surface area contributed by atoms with Gasteiger partial charge < -0.3 is 5.32 Å². The third-order valence-corrected chi connectivity index (χ3v) is 2.61. The van der Waals surface area contributed by atoms with E-state index in [9.17, 15) is 0 Å². The molecule has 0 aromatic rings. The molecule has 1 rings (SSSR count). The molecule has 58 valence electrons. The molecule has 1 aliphatic rings. The fourth-order valence-corrected chi connectivity index (χ4v) is 1.60. The van der Waals surface area contributed by atoms with Gasteiger partial charge in [-0.05, 0) is 24.8 Å². The number of hydrogen-bond donors (Lipinski definition) is 1. The van der Waals surface area contributed by atoms with E-state index in [4.69, 9.17) is 0 Å². The zero-order chi connectivity index (χ0) is 7.78. The third-order valence-electron chi connectivity index (χ3n) is 2.61. The molecular formula is C9H17N.